The molecule has 0 radical (unpaired) electrons. The highest BCUT2D eigenvalue weighted by Crippen LogP contribution is 2.20. The van der Waals surface area contributed by atoms with E-state index in [0.717, 1.165) is 13.0 Å². The van der Waals surface area contributed by atoms with Crippen LogP contribution in [0.3, 0.4) is 0 Å². The summed E-state index contributed by atoms with van der Waals surface area (Å²) >= 11 is 0. The summed E-state index contributed by atoms with van der Waals surface area (Å²) in [5.74, 6) is -0.471. The third-order valence-electron chi connectivity index (χ3n) is 6.23. The molecule has 2 fully saturated rings. The third kappa shape index (κ3) is 5.31. The zero-order valence-electron chi connectivity index (χ0n) is 17.8. The molecule has 0 aliphatic carbocycles. The fourth-order valence-electron chi connectivity index (χ4n) is 4.39. The first kappa shape index (κ1) is 21.5. The summed E-state index contributed by atoms with van der Waals surface area (Å²) < 4.78 is 15.3. The Morgan fingerprint density at radius 3 is 2.58 bits per heavy atom. The topological polar surface area (TPSA) is 70.5 Å². The quantitative estimate of drug-likeness (QED) is 0.690. The Bertz CT molecular complexity index is 901. The van der Waals surface area contributed by atoms with Gasteiger partial charge in [-0.1, -0.05) is 12.1 Å². The molecule has 1 aromatic heterocycles. The van der Waals surface area contributed by atoms with Crippen LogP contribution in [-0.2, 0) is 4.79 Å². The Hall–Kier alpha value is -2.74. The molecule has 8 heteroatoms. The van der Waals surface area contributed by atoms with E-state index >= 15 is 0 Å². The minimum atomic E-state index is -0.392. The molecule has 0 unspecified atom stereocenters. The number of aromatic nitrogens is 2. The predicted octanol–water partition coefficient (Wildman–Crippen LogP) is 2.47. The zero-order valence-corrected chi connectivity index (χ0v) is 17.8. The Labute approximate surface area is 182 Å². The van der Waals surface area contributed by atoms with Crippen molar-refractivity contribution in [3.05, 3.63) is 48.0 Å². The van der Waals surface area contributed by atoms with E-state index in [2.05, 4.69) is 15.3 Å². The molecular weight excluding hydrogens is 397 g/mol. The maximum atomic E-state index is 14.0. The van der Waals surface area contributed by atoms with Crippen LogP contribution in [0, 0.1) is 11.7 Å². The predicted molar refractivity (Wildman–Crippen MR) is 115 cm³/mol. The average molecular weight is 428 g/mol. The number of para-hydroxylation sites is 1. The van der Waals surface area contributed by atoms with E-state index in [4.69, 9.17) is 0 Å². The summed E-state index contributed by atoms with van der Waals surface area (Å²) in [5, 5.41) is 7.20. The molecule has 0 atom stereocenters. The summed E-state index contributed by atoms with van der Waals surface area (Å²) in [5.41, 5.74) is 0.731. The number of amides is 2. The number of nitrogens with zero attached hydrogens (tertiary/aromatic N) is 4. The SMILES string of the molecule is O=C(NCCCN1CCCC1)C1CCN(C(=O)c2cnn(-c3ccccc3F)c2)CC1. The van der Waals surface area contributed by atoms with E-state index in [1.165, 1.54) is 42.9 Å². The van der Waals surface area contributed by atoms with Gasteiger partial charge in [0, 0.05) is 31.7 Å². The first-order valence-corrected chi connectivity index (χ1v) is 11.2. The van der Waals surface area contributed by atoms with Crippen LogP contribution in [0.4, 0.5) is 4.39 Å². The lowest BCUT2D eigenvalue weighted by molar-refractivity contribution is -0.126. The van der Waals surface area contributed by atoms with Crippen LogP contribution in [0.1, 0.15) is 42.5 Å². The van der Waals surface area contributed by atoms with Gasteiger partial charge in [0.2, 0.25) is 5.91 Å². The van der Waals surface area contributed by atoms with Gasteiger partial charge in [-0.3, -0.25) is 9.59 Å². The minimum Gasteiger partial charge on any atom is -0.356 e. The number of rotatable bonds is 7. The summed E-state index contributed by atoms with van der Waals surface area (Å²) in [6.45, 7) is 5.20. The molecule has 2 aliphatic rings. The van der Waals surface area contributed by atoms with Gasteiger partial charge in [-0.05, 0) is 63.9 Å². The van der Waals surface area contributed by atoms with Crippen LogP contribution in [0.25, 0.3) is 5.69 Å². The van der Waals surface area contributed by atoms with Crippen molar-refractivity contribution >= 4 is 11.8 Å². The molecule has 2 saturated heterocycles. The molecule has 4 rings (SSSR count). The third-order valence-corrected chi connectivity index (χ3v) is 6.23. The van der Waals surface area contributed by atoms with Crippen LogP contribution in [0.15, 0.2) is 36.7 Å². The van der Waals surface area contributed by atoms with Gasteiger partial charge in [0.05, 0.1) is 11.8 Å². The Morgan fingerprint density at radius 2 is 1.84 bits per heavy atom. The standard InChI is InChI=1S/C23H30FN5O2/c24-20-6-1-2-7-21(20)29-17-19(16-26-29)23(31)28-14-8-18(9-15-28)22(30)25-10-5-13-27-11-3-4-12-27/h1-2,6-7,16-18H,3-5,8-15H2,(H,25,30). The van der Waals surface area contributed by atoms with Gasteiger partial charge in [0.15, 0.2) is 0 Å². The van der Waals surface area contributed by atoms with Crippen LogP contribution in [-0.4, -0.2) is 70.7 Å². The van der Waals surface area contributed by atoms with E-state index in [-0.39, 0.29) is 17.7 Å². The molecule has 2 aromatic rings. The summed E-state index contributed by atoms with van der Waals surface area (Å²) in [7, 11) is 0. The number of hydrogen-bond donors (Lipinski definition) is 1. The van der Waals surface area contributed by atoms with E-state index in [1.54, 1.807) is 29.3 Å². The van der Waals surface area contributed by atoms with Crippen molar-refractivity contribution in [2.24, 2.45) is 5.92 Å². The van der Waals surface area contributed by atoms with Gasteiger partial charge in [-0.25, -0.2) is 9.07 Å². The largest absolute Gasteiger partial charge is 0.356 e. The van der Waals surface area contributed by atoms with Gasteiger partial charge in [-0.2, -0.15) is 5.10 Å². The highest BCUT2D eigenvalue weighted by Gasteiger charge is 2.28. The highest BCUT2D eigenvalue weighted by atomic mass is 19.1. The second-order valence-corrected chi connectivity index (χ2v) is 8.38. The number of benzene rings is 1. The van der Waals surface area contributed by atoms with E-state index in [0.29, 0.717) is 43.7 Å². The van der Waals surface area contributed by atoms with Crippen molar-refractivity contribution in [2.45, 2.75) is 32.1 Å². The van der Waals surface area contributed by atoms with Gasteiger partial charge < -0.3 is 15.1 Å². The first-order chi connectivity index (χ1) is 15.1. The van der Waals surface area contributed by atoms with Crippen LogP contribution < -0.4 is 5.32 Å². The molecule has 7 nitrogen and oxygen atoms in total. The molecule has 31 heavy (non-hydrogen) atoms. The monoisotopic (exact) mass is 427 g/mol. The molecule has 2 amide bonds. The van der Waals surface area contributed by atoms with Crippen molar-refractivity contribution in [2.75, 3.05) is 39.3 Å². The van der Waals surface area contributed by atoms with Gasteiger partial charge in [0.25, 0.3) is 5.91 Å². The number of carbonyl (C=O) groups is 2. The second-order valence-electron chi connectivity index (χ2n) is 8.38. The molecule has 3 heterocycles. The van der Waals surface area contributed by atoms with Gasteiger partial charge in [-0.15, -0.1) is 0 Å². The molecule has 166 valence electrons. The molecular formula is C23H30FN5O2. The van der Waals surface area contributed by atoms with Crippen molar-refractivity contribution in [1.29, 1.82) is 0 Å². The lowest BCUT2D eigenvalue weighted by Gasteiger charge is -2.31. The molecule has 1 aromatic carbocycles. The van der Waals surface area contributed by atoms with Crippen molar-refractivity contribution < 1.29 is 14.0 Å². The first-order valence-electron chi connectivity index (χ1n) is 11.2. The fourth-order valence-corrected chi connectivity index (χ4v) is 4.39. The summed E-state index contributed by atoms with van der Waals surface area (Å²) in [6.07, 6.45) is 7.89. The zero-order chi connectivity index (χ0) is 21.6. The molecule has 0 saturated carbocycles. The minimum absolute atomic E-state index is 0.0445. The molecule has 2 aliphatic heterocycles. The number of piperidine rings is 1. The van der Waals surface area contributed by atoms with E-state index in [9.17, 15) is 14.0 Å². The van der Waals surface area contributed by atoms with Crippen molar-refractivity contribution in [3.8, 4) is 5.69 Å². The number of nitrogens with one attached hydrogen (secondary N) is 1. The number of halogens is 1. The van der Waals surface area contributed by atoms with Crippen molar-refractivity contribution in [1.82, 2.24) is 24.9 Å². The van der Waals surface area contributed by atoms with Crippen LogP contribution >= 0.6 is 0 Å². The summed E-state index contributed by atoms with van der Waals surface area (Å²) in [6, 6.07) is 6.32. The lowest BCUT2D eigenvalue weighted by atomic mass is 9.95. The maximum absolute atomic E-state index is 14.0. The normalized spacial score (nSPS) is 17.8. The Morgan fingerprint density at radius 1 is 1.10 bits per heavy atom. The molecule has 0 spiro atoms. The van der Waals surface area contributed by atoms with Crippen molar-refractivity contribution in [3.63, 3.8) is 0 Å². The lowest BCUT2D eigenvalue weighted by Crippen LogP contribution is -2.43. The van der Waals surface area contributed by atoms with Gasteiger partial charge >= 0.3 is 0 Å². The number of likely N-dealkylation sites (tertiary alicyclic amines) is 2. The second kappa shape index (κ2) is 10.0. The van der Waals surface area contributed by atoms with E-state index < -0.39 is 5.82 Å². The number of hydrogen-bond acceptors (Lipinski definition) is 4. The van der Waals surface area contributed by atoms with E-state index in [1.807, 2.05) is 0 Å². The fraction of sp³-hybridized carbons (Fsp3) is 0.522. The highest BCUT2D eigenvalue weighted by molar-refractivity contribution is 5.94. The average Bonchev–Trinajstić information content (AvgIpc) is 3.49. The van der Waals surface area contributed by atoms with Crippen LogP contribution in [0.5, 0.6) is 0 Å². The Kier molecular flexibility index (Phi) is 6.96. The van der Waals surface area contributed by atoms with Gasteiger partial charge in [0.1, 0.15) is 11.5 Å². The maximum Gasteiger partial charge on any atom is 0.257 e. The smallest absolute Gasteiger partial charge is 0.257 e. The summed E-state index contributed by atoms with van der Waals surface area (Å²) in [4.78, 5) is 29.5. The number of carbonyl (C=O) groups excluding carboxylic acids is 2. The molecule has 1 N–H and O–H groups in total. The Balaban J connectivity index is 1.22. The molecule has 0 bridgehead atoms. The van der Waals surface area contributed by atoms with Crippen LogP contribution in [0.2, 0.25) is 0 Å².